The van der Waals surface area contributed by atoms with Gasteiger partial charge in [0.25, 0.3) is 0 Å². The SMILES string of the molecule is COCCNc1ncnc2c1ncn2CCOCP(=O)(O)O. The van der Waals surface area contributed by atoms with Gasteiger partial charge in [-0.3, -0.25) is 4.57 Å². The van der Waals surface area contributed by atoms with E-state index in [4.69, 9.17) is 19.3 Å². The minimum atomic E-state index is -4.14. The van der Waals surface area contributed by atoms with Gasteiger partial charge in [0.05, 0.1) is 19.5 Å². The van der Waals surface area contributed by atoms with Crippen molar-refractivity contribution in [1.82, 2.24) is 19.5 Å². The Kier molecular flexibility index (Phi) is 5.81. The lowest BCUT2D eigenvalue weighted by molar-refractivity contribution is 0.149. The molecular weight excluding hydrogens is 313 g/mol. The van der Waals surface area contributed by atoms with E-state index in [9.17, 15) is 4.57 Å². The lowest BCUT2D eigenvalue weighted by Gasteiger charge is -2.07. The zero-order chi connectivity index (χ0) is 16.0. The molecule has 0 atom stereocenters. The minimum absolute atomic E-state index is 0.146. The first-order valence-corrected chi connectivity index (χ1v) is 8.32. The summed E-state index contributed by atoms with van der Waals surface area (Å²) >= 11 is 0. The fraction of sp³-hybridized carbons (Fsp3) is 0.545. The van der Waals surface area contributed by atoms with Crippen LogP contribution in [-0.4, -0.2) is 62.5 Å². The number of aromatic nitrogens is 4. The summed E-state index contributed by atoms with van der Waals surface area (Å²) in [6.07, 6.45) is 2.41. The first kappa shape index (κ1) is 16.8. The molecule has 0 fully saturated rings. The zero-order valence-corrected chi connectivity index (χ0v) is 12.9. The van der Waals surface area contributed by atoms with Gasteiger partial charge in [0.1, 0.15) is 18.2 Å². The van der Waals surface area contributed by atoms with Crippen LogP contribution in [0.2, 0.25) is 0 Å². The third kappa shape index (κ3) is 4.72. The van der Waals surface area contributed by atoms with Crippen LogP contribution in [-0.2, 0) is 20.6 Å². The Morgan fingerprint density at radius 3 is 2.86 bits per heavy atom. The van der Waals surface area contributed by atoms with Gasteiger partial charge >= 0.3 is 7.60 Å². The van der Waals surface area contributed by atoms with Gasteiger partial charge in [-0.25, -0.2) is 15.0 Å². The maximum absolute atomic E-state index is 10.7. The van der Waals surface area contributed by atoms with E-state index in [0.29, 0.717) is 36.7 Å². The van der Waals surface area contributed by atoms with E-state index < -0.39 is 13.9 Å². The van der Waals surface area contributed by atoms with Gasteiger partial charge in [-0.1, -0.05) is 0 Å². The topological polar surface area (TPSA) is 132 Å². The summed E-state index contributed by atoms with van der Waals surface area (Å²) in [6.45, 7) is 1.67. The van der Waals surface area contributed by atoms with Crippen molar-refractivity contribution in [3.63, 3.8) is 0 Å². The van der Waals surface area contributed by atoms with Crippen molar-refractivity contribution in [2.75, 3.05) is 38.5 Å². The molecule has 0 unspecified atom stereocenters. The first-order chi connectivity index (χ1) is 10.5. The number of methoxy groups -OCH3 is 1. The molecule has 0 aliphatic heterocycles. The van der Waals surface area contributed by atoms with Gasteiger partial charge in [0.15, 0.2) is 11.5 Å². The maximum Gasteiger partial charge on any atom is 0.350 e. The number of ether oxygens (including phenoxy) is 2. The van der Waals surface area contributed by atoms with Crippen molar-refractivity contribution in [2.24, 2.45) is 0 Å². The van der Waals surface area contributed by atoms with E-state index in [1.807, 2.05) is 0 Å². The van der Waals surface area contributed by atoms with Crippen molar-refractivity contribution in [1.29, 1.82) is 0 Å². The number of fused-ring (bicyclic) bond motifs is 1. The molecule has 0 aliphatic rings. The number of hydrogen-bond donors (Lipinski definition) is 3. The average Bonchev–Trinajstić information content (AvgIpc) is 2.87. The van der Waals surface area contributed by atoms with Crippen LogP contribution < -0.4 is 5.32 Å². The van der Waals surface area contributed by atoms with Gasteiger partial charge < -0.3 is 29.1 Å². The Morgan fingerprint density at radius 1 is 1.32 bits per heavy atom. The monoisotopic (exact) mass is 331 g/mol. The fourth-order valence-electron chi connectivity index (χ4n) is 1.79. The van der Waals surface area contributed by atoms with Crippen LogP contribution >= 0.6 is 7.60 Å². The summed E-state index contributed by atoms with van der Waals surface area (Å²) in [6, 6.07) is 0. The van der Waals surface area contributed by atoms with Crippen LogP contribution in [0.5, 0.6) is 0 Å². The third-order valence-electron chi connectivity index (χ3n) is 2.74. The lowest BCUT2D eigenvalue weighted by atomic mass is 10.4. The highest BCUT2D eigenvalue weighted by atomic mass is 31.2. The van der Waals surface area contributed by atoms with E-state index in [-0.39, 0.29) is 6.61 Å². The van der Waals surface area contributed by atoms with Crippen molar-refractivity contribution >= 4 is 24.6 Å². The molecule has 11 heteroatoms. The highest BCUT2D eigenvalue weighted by molar-refractivity contribution is 7.51. The van der Waals surface area contributed by atoms with Crippen LogP contribution in [0, 0.1) is 0 Å². The summed E-state index contributed by atoms with van der Waals surface area (Å²) in [5, 5.41) is 3.10. The van der Waals surface area contributed by atoms with Crippen molar-refractivity contribution in [3.8, 4) is 0 Å². The van der Waals surface area contributed by atoms with Crippen molar-refractivity contribution in [3.05, 3.63) is 12.7 Å². The molecule has 0 spiro atoms. The van der Waals surface area contributed by atoms with E-state index in [1.165, 1.54) is 6.33 Å². The number of nitrogens with one attached hydrogen (secondary N) is 1. The van der Waals surface area contributed by atoms with Crippen LogP contribution in [0.3, 0.4) is 0 Å². The normalized spacial score (nSPS) is 12.0. The van der Waals surface area contributed by atoms with Crippen LogP contribution in [0.4, 0.5) is 5.82 Å². The minimum Gasteiger partial charge on any atom is -0.383 e. The smallest absolute Gasteiger partial charge is 0.350 e. The van der Waals surface area contributed by atoms with E-state index in [0.717, 1.165) is 0 Å². The van der Waals surface area contributed by atoms with Crippen molar-refractivity contribution < 1.29 is 23.8 Å². The maximum atomic E-state index is 10.7. The van der Waals surface area contributed by atoms with Crippen LogP contribution in [0.15, 0.2) is 12.7 Å². The van der Waals surface area contributed by atoms with E-state index >= 15 is 0 Å². The Morgan fingerprint density at radius 2 is 2.14 bits per heavy atom. The molecule has 122 valence electrons. The number of hydrogen-bond acceptors (Lipinski definition) is 7. The molecule has 0 saturated carbocycles. The highest BCUT2D eigenvalue weighted by Crippen LogP contribution is 2.33. The Labute approximate surface area is 126 Å². The van der Waals surface area contributed by atoms with Gasteiger partial charge in [-0.05, 0) is 0 Å². The summed E-state index contributed by atoms with van der Waals surface area (Å²) in [5.74, 6) is 0.608. The van der Waals surface area contributed by atoms with Gasteiger partial charge in [-0.2, -0.15) is 0 Å². The average molecular weight is 331 g/mol. The molecule has 0 saturated heterocycles. The molecular formula is C11H18N5O5P. The van der Waals surface area contributed by atoms with Gasteiger partial charge in [0.2, 0.25) is 0 Å². The quantitative estimate of drug-likeness (QED) is 0.430. The predicted molar refractivity (Wildman–Crippen MR) is 78.6 cm³/mol. The molecule has 3 N–H and O–H groups in total. The van der Waals surface area contributed by atoms with Crippen molar-refractivity contribution in [2.45, 2.75) is 6.54 Å². The summed E-state index contributed by atoms with van der Waals surface area (Å²) in [4.78, 5) is 30.0. The molecule has 2 rings (SSSR count). The molecule has 2 heterocycles. The second-order valence-electron chi connectivity index (χ2n) is 4.45. The molecule has 10 nitrogen and oxygen atoms in total. The van der Waals surface area contributed by atoms with Crippen LogP contribution in [0.25, 0.3) is 11.2 Å². The summed E-state index contributed by atoms with van der Waals surface area (Å²) < 4.78 is 22.3. The Bertz CT molecular complexity index is 657. The molecule has 0 amide bonds. The second-order valence-corrected chi connectivity index (χ2v) is 6.04. The number of nitrogens with zero attached hydrogens (tertiary/aromatic N) is 4. The largest absolute Gasteiger partial charge is 0.383 e. The Balaban J connectivity index is 2.00. The highest BCUT2D eigenvalue weighted by Gasteiger charge is 2.13. The van der Waals surface area contributed by atoms with E-state index in [1.54, 1.807) is 18.0 Å². The predicted octanol–water partition coefficient (Wildman–Crippen LogP) is 0.0364. The molecule has 2 aromatic heterocycles. The number of anilines is 1. The van der Waals surface area contributed by atoms with Crippen LogP contribution in [0.1, 0.15) is 0 Å². The number of rotatable bonds is 9. The lowest BCUT2D eigenvalue weighted by Crippen LogP contribution is -2.10. The third-order valence-corrected chi connectivity index (χ3v) is 3.25. The number of imidazole rings is 1. The molecule has 0 aliphatic carbocycles. The van der Waals surface area contributed by atoms with Gasteiger partial charge in [-0.15, -0.1) is 0 Å². The molecule has 0 radical (unpaired) electrons. The van der Waals surface area contributed by atoms with Gasteiger partial charge in [0, 0.05) is 20.2 Å². The molecule has 0 bridgehead atoms. The Hall–Kier alpha value is -1.58. The molecule has 2 aromatic rings. The zero-order valence-electron chi connectivity index (χ0n) is 12.0. The molecule has 0 aromatic carbocycles. The fourth-order valence-corrected chi connectivity index (χ4v) is 2.16. The second kappa shape index (κ2) is 7.61. The summed E-state index contributed by atoms with van der Waals surface area (Å²) in [7, 11) is -2.52. The first-order valence-electron chi connectivity index (χ1n) is 6.52. The van der Waals surface area contributed by atoms with E-state index in [2.05, 4.69) is 20.3 Å². The molecule has 22 heavy (non-hydrogen) atoms. The standard InChI is InChI=1S/C11H18N5O5P/c1-20-4-2-12-10-9-11(14-6-13-10)16(7-15-9)3-5-21-8-22(17,18)19/h6-7H,2-5,8H2,1H3,(H,12,13,14)(H2,17,18,19). The summed E-state index contributed by atoms with van der Waals surface area (Å²) in [5.41, 5.74) is 1.24.